The van der Waals surface area contributed by atoms with Gasteiger partial charge < -0.3 is 24.0 Å². The fourth-order valence-corrected chi connectivity index (χ4v) is 4.06. The molecule has 0 unspecified atom stereocenters. The summed E-state index contributed by atoms with van der Waals surface area (Å²) in [6.45, 7) is 7.66. The van der Waals surface area contributed by atoms with Crippen LogP contribution < -0.4 is 9.47 Å². The van der Waals surface area contributed by atoms with Crippen LogP contribution in [0.25, 0.3) is 0 Å². The molecule has 176 valence electrons. The minimum atomic E-state index is -0.608. The Bertz CT molecular complexity index is 858. The summed E-state index contributed by atoms with van der Waals surface area (Å²) in [5, 5.41) is 0. The molecule has 0 bridgehead atoms. The second kappa shape index (κ2) is 9.67. The summed E-state index contributed by atoms with van der Waals surface area (Å²) in [5.74, 6) is 0.863. The van der Waals surface area contributed by atoms with E-state index in [1.165, 1.54) is 12.0 Å². The molecule has 0 N–H and O–H groups in total. The summed E-state index contributed by atoms with van der Waals surface area (Å²) in [4.78, 5) is 43.6. The van der Waals surface area contributed by atoms with E-state index in [9.17, 15) is 14.4 Å². The summed E-state index contributed by atoms with van der Waals surface area (Å²) >= 11 is 0. The van der Waals surface area contributed by atoms with E-state index in [-0.39, 0.29) is 11.8 Å². The summed E-state index contributed by atoms with van der Waals surface area (Å²) in [5.41, 5.74) is -0.0991. The van der Waals surface area contributed by atoms with Gasteiger partial charge in [-0.05, 0) is 51.8 Å². The maximum absolute atomic E-state index is 13.1. The minimum absolute atomic E-state index is 0.0772. The van der Waals surface area contributed by atoms with Crippen molar-refractivity contribution >= 4 is 17.9 Å². The van der Waals surface area contributed by atoms with Crippen LogP contribution in [-0.2, 0) is 9.53 Å². The SMILES string of the molecule is COc1ccc(C(=O)N2CCN(C(=O)[C@H]3CCCN3C(=O)OC(C)(C)C)CC2)cc1OC. The lowest BCUT2D eigenvalue weighted by molar-refractivity contribution is -0.137. The number of carbonyl (C=O) groups is 3. The third-order valence-corrected chi connectivity index (χ3v) is 5.67. The number of ether oxygens (including phenoxy) is 3. The van der Waals surface area contributed by atoms with Crippen LogP contribution in [0.1, 0.15) is 44.0 Å². The average molecular weight is 448 g/mol. The van der Waals surface area contributed by atoms with Crippen LogP contribution in [-0.4, -0.2) is 91.2 Å². The minimum Gasteiger partial charge on any atom is -0.493 e. The van der Waals surface area contributed by atoms with Gasteiger partial charge in [-0.1, -0.05) is 0 Å². The highest BCUT2D eigenvalue weighted by Crippen LogP contribution is 2.28. The lowest BCUT2D eigenvalue weighted by Gasteiger charge is -2.37. The highest BCUT2D eigenvalue weighted by molar-refractivity contribution is 5.95. The zero-order chi connectivity index (χ0) is 23.5. The van der Waals surface area contributed by atoms with E-state index in [4.69, 9.17) is 14.2 Å². The first-order chi connectivity index (χ1) is 15.1. The third kappa shape index (κ3) is 5.26. The molecule has 1 atom stereocenters. The van der Waals surface area contributed by atoms with Crippen molar-refractivity contribution in [1.82, 2.24) is 14.7 Å². The molecule has 2 heterocycles. The molecule has 3 amide bonds. The van der Waals surface area contributed by atoms with Crippen LogP contribution in [0.2, 0.25) is 0 Å². The predicted molar refractivity (Wildman–Crippen MR) is 118 cm³/mol. The van der Waals surface area contributed by atoms with Crippen molar-refractivity contribution in [1.29, 1.82) is 0 Å². The molecule has 2 aliphatic heterocycles. The first-order valence-electron chi connectivity index (χ1n) is 10.9. The van der Waals surface area contributed by atoms with E-state index in [1.54, 1.807) is 35.1 Å². The third-order valence-electron chi connectivity index (χ3n) is 5.67. The highest BCUT2D eigenvalue weighted by Gasteiger charge is 2.39. The van der Waals surface area contributed by atoms with Gasteiger partial charge in [0, 0.05) is 38.3 Å². The van der Waals surface area contributed by atoms with Gasteiger partial charge in [-0.15, -0.1) is 0 Å². The number of nitrogens with zero attached hydrogens (tertiary/aromatic N) is 3. The van der Waals surface area contributed by atoms with Gasteiger partial charge >= 0.3 is 6.09 Å². The van der Waals surface area contributed by atoms with Crippen LogP contribution >= 0.6 is 0 Å². The standard InChI is InChI=1S/C23H33N3O6/c1-23(2,3)32-22(29)26-10-6-7-17(26)21(28)25-13-11-24(12-14-25)20(27)16-8-9-18(30-4)19(15-16)31-5/h8-9,15,17H,6-7,10-14H2,1-5H3/t17-/m1/s1. The Labute approximate surface area is 189 Å². The van der Waals surface area contributed by atoms with Gasteiger partial charge in [-0.25, -0.2) is 4.79 Å². The van der Waals surface area contributed by atoms with Crippen LogP contribution in [0.15, 0.2) is 18.2 Å². The zero-order valence-electron chi connectivity index (χ0n) is 19.6. The van der Waals surface area contributed by atoms with Crippen molar-refractivity contribution in [2.75, 3.05) is 46.9 Å². The van der Waals surface area contributed by atoms with E-state index >= 15 is 0 Å². The van der Waals surface area contributed by atoms with Crippen molar-refractivity contribution in [3.05, 3.63) is 23.8 Å². The number of hydrogen-bond acceptors (Lipinski definition) is 6. The van der Waals surface area contributed by atoms with Crippen molar-refractivity contribution in [3.63, 3.8) is 0 Å². The van der Waals surface area contributed by atoms with Crippen molar-refractivity contribution < 1.29 is 28.6 Å². The molecule has 0 spiro atoms. The summed E-state index contributed by atoms with van der Waals surface area (Å²) < 4.78 is 16.0. The van der Waals surface area contributed by atoms with Crippen molar-refractivity contribution in [2.45, 2.75) is 45.3 Å². The molecule has 3 rings (SSSR count). The fraction of sp³-hybridized carbons (Fsp3) is 0.609. The number of carbonyl (C=O) groups excluding carboxylic acids is 3. The first-order valence-corrected chi connectivity index (χ1v) is 10.9. The molecule has 0 saturated carbocycles. The largest absolute Gasteiger partial charge is 0.493 e. The molecule has 32 heavy (non-hydrogen) atoms. The fourth-order valence-electron chi connectivity index (χ4n) is 4.06. The Hall–Kier alpha value is -2.97. The average Bonchev–Trinajstić information content (AvgIpc) is 3.27. The Kier molecular flexibility index (Phi) is 7.16. The van der Waals surface area contributed by atoms with E-state index in [0.29, 0.717) is 56.2 Å². The van der Waals surface area contributed by atoms with Gasteiger partial charge in [0.2, 0.25) is 5.91 Å². The van der Waals surface area contributed by atoms with Gasteiger partial charge in [0.1, 0.15) is 11.6 Å². The first kappa shape index (κ1) is 23.7. The second-order valence-corrected chi connectivity index (χ2v) is 9.02. The molecule has 9 heteroatoms. The Morgan fingerprint density at radius 1 is 0.906 bits per heavy atom. The Morgan fingerprint density at radius 3 is 2.12 bits per heavy atom. The lowest BCUT2D eigenvalue weighted by Crippen LogP contribution is -2.55. The van der Waals surface area contributed by atoms with Gasteiger partial charge in [0.15, 0.2) is 11.5 Å². The number of rotatable bonds is 4. The molecule has 2 saturated heterocycles. The number of methoxy groups -OCH3 is 2. The number of piperazine rings is 1. The molecular formula is C23H33N3O6. The van der Waals surface area contributed by atoms with Crippen molar-refractivity contribution in [2.24, 2.45) is 0 Å². The lowest BCUT2D eigenvalue weighted by atomic mass is 10.1. The number of amides is 3. The number of hydrogen-bond donors (Lipinski definition) is 0. The molecule has 2 fully saturated rings. The van der Waals surface area contributed by atoms with Gasteiger partial charge in [0.05, 0.1) is 14.2 Å². The molecule has 1 aromatic carbocycles. The van der Waals surface area contributed by atoms with E-state index in [2.05, 4.69) is 0 Å². The van der Waals surface area contributed by atoms with Crippen LogP contribution in [0, 0.1) is 0 Å². The zero-order valence-corrected chi connectivity index (χ0v) is 19.6. The number of benzene rings is 1. The van der Waals surface area contributed by atoms with Gasteiger partial charge in [-0.2, -0.15) is 0 Å². The monoisotopic (exact) mass is 447 g/mol. The summed E-state index contributed by atoms with van der Waals surface area (Å²) in [6, 6.07) is 4.57. The maximum Gasteiger partial charge on any atom is 0.410 e. The maximum atomic E-state index is 13.1. The quantitative estimate of drug-likeness (QED) is 0.704. The molecule has 9 nitrogen and oxygen atoms in total. The molecule has 2 aliphatic rings. The van der Waals surface area contributed by atoms with Crippen LogP contribution in [0.5, 0.6) is 11.5 Å². The van der Waals surface area contributed by atoms with Gasteiger partial charge in [0.25, 0.3) is 5.91 Å². The molecule has 0 radical (unpaired) electrons. The molecular weight excluding hydrogens is 414 g/mol. The highest BCUT2D eigenvalue weighted by atomic mass is 16.6. The smallest absolute Gasteiger partial charge is 0.410 e. The molecule has 0 aliphatic carbocycles. The van der Waals surface area contributed by atoms with Crippen LogP contribution in [0.3, 0.4) is 0 Å². The molecule has 0 aromatic heterocycles. The van der Waals surface area contributed by atoms with Crippen LogP contribution in [0.4, 0.5) is 4.79 Å². The van der Waals surface area contributed by atoms with E-state index in [0.717, 1.165) is 6.42 Å². The number of likely N-dealkylation sites (tertiary alicyclic amines) is 1. The second-order valence-electron chi connectivity index (χ2n) is 9.02. The Balaban J connectivity index is 1.60. The normalized spacial score (nSPS) is 19.0. The molecule has 1 aromatic rings. The summed E-state index contributed by atoms with van der Waals surface area (Å²) in [6.07, 6.45) is 0.951. The predicted octanol–water partition coefficient (Wildman–Crippen LogP) is 2.39. The topological polar surface area (TPSA) is 88.6 Å². The summed E-state index contributed by atoms with van der Waals surface area (Å²) in [7, 11) is 3.07. The van der Waals surface area contributed by atoms with E-state index < -0.39 is 17.7 Å². The van der Waals surface area contributed by atoms with E-state index in [1.807, 2.05) is 20.8 Å². The van der Waals surface area contributed by atoms with Crippen molar-refractivity contribution in [3.8, 4) is 11.5 Å². The Morgan fingerprint density at radius 2 is 1.53 bits per heavy atom. The van der Waals surface area contributed by atoms with Gasteiger partial charge in [-0.3, -0.25) is 14.5 Å².